The zero-order chi connectivity index (χ0) is 12.3. The Labute approximate surface area is 102 Å². The van der Waals surface area contributed by atoms with Crippen molar-refractivity contribution in [2.24, 2.45) is 0 Å². The number of hydrogen-bond donors (Lipinski definition) is 0. The highest BCUT2D eigenvalue weighted by Crippen LogP contribution is 2.18. The van der Waals surface area contributed by atoms with Crippen LogP contribution in [0.4, 0.5) is 0 Å². The average molecular weight is 257 g/mol. The highest BCUT2D eigenvalue weighted by molar-refractivity contribution is 7.90. The SMILES string of the molecule is CS(=O)(=O)CCN1CCC[C@@H]1Cn1cccn1. The lowest BCUT2D eigenvalue weighted by atomic mass is 10.2. The summed E-state index contributed by atoms with van der Waals surface area (Å²) in [5, 5.41) is 4.19. The fourth-order valence-corrected chi connectivity index (χ4v) is 2.87. The molecule has 17 heavy (non-hydrogen) atoms. The molecule has 0 N–H and O–H groups in total. The summed E-state index contributed by atoms with van der Waals surface area (Å²) in [5.74, 6) is 0.253. The van der Waals surface area contributed by atoms with Crippen LogP contribution in [0.3, 0.4) is 0 Å². The molecule has 0 aromatic carbocycles. The Morgan fingerprint density at radius 3 is 2.94 bits per heavy atom. The molecule has 2 heterocycles. The predicted molar refractivity (Wildman–Crippen MR) is 66.5 cm³/mol. The topological polar surface area (TPSA) is 55.2 Å². The van der Waals surface area contributed by atoms with Gasteiger partial charge < -0.3 is 0 Å². The maximum absolute atomic E-state index is 11.2. The predicted octanol–water partition coefficient (Wildman–Crippen LogP) is 0.392. The molecule has 0 bridgehead atoms. The van der Waals surface area contributed by atoms with Gasteiger partial charge in [0, 0.05) is 31.2 Å². The van der Waals surface area contributed by atoms with Gasteiger partial charge in [0.15, 0.2) is 0 Å². The van der Waals surface area contributed by atoms with Crippen LogP contribution in [0.5, 0.6) is 0 Å². The molecule has 1 aromatic rings. The third-order valence-corrected chi connectivity index (χ3v) is 4.13. The normalized spacial score (nSPS) is 22.1. The molecule has 96 valence electrons. The van der Waals surface area contributed by atoms with E-state index >= 15 is 0 Å². The number of sulfone groups is 1. The number of likely N-dealkylation sites (tertiary alicyclic amines) is 1. The largest absolute Gasteiger partial charge is 0.298 e. The molecule has 0 unspecified atom stereocenters. The van der Waals surface area contributed by atoms with Crippen LogP contribution in [0.25, 0.3) is 0 Å². The number of aromatic nitrogens is 2. The molecule has 1 aromatic heterocycles. The van der Waals surface area contributed by atoms with E-state index < -0.39 is 9.84 Å². The fourth-order valence-electron chi connectivity index (χ4n) is 2.30. The summed E-state index contributed by atoms with van der Waals surface area (Å²) in [4.78, 5) is 2.27. The zero-order valence-electron chi connectivity index (χ0n) is 10.1. The van der Waals surface area contributed by atoms with Crippen LogP contribution in [-0.2, 0) is 16.4 Å². The van der Waals surface area contributed by atoms with Gasteiger partial charge in [-0.25, -0.2) is 8.42 Å². The van der Waals surface area contributed by atoms with E-state index in [1.807, 2.05) is 16.9 Å². The van der Waals surface area contributed by atoms with Gasteiger partial charge in [0.1, 0.15) is 9.84 Å². The second-order valence-corrected chi connectivity index (χ2v) is 6.95. The third kappa shape index (κ3) is 3.81. The minimum absolute atomic E-state index is 0.253. The van der Waals surface area contributed by atoms with Gasteiger partial charge in [-0.2, -0.15) is 5.10 Å². The summed E-state index contributed by atoms with van der Waals surface area (Å²) < 4.78 is 24.3. The van der Waals surface area contributed by atoms with Crippen LogP contribution < -0.4 is 0 Å². The van der Waals surface area contributed by atoms with E-state index in [-0.39, 0.29) is 5.75 Å². The van der Waals surface area contributed by atoms with Crippen molar-refractivity contribution >= 4 is 9.84 Å². The Hall–Kier alpha value is -0.880. The molecule has 1 fully saturated rings. The average Bonchev–Trinajstić information content (AvgIpc) is 2.86. The molecule has 0 spiro atoms. The first kappa shape index (κ1) is 12.6. The van der Waals surface area contributed by atoms with Gasteiger partial charge >= 0.3 is 0 Å². The molecule has 0 radical (unpaired) electrons. The van der Waals surface area contributed by atoms with Crippen molar-refractivity contribution in [3.63, 3.8) is 0 Å². The molecule has 2 rings (SSSR count). The van der Waals surface area contributed by atoms with Crippen LogP contribution in [-0.4, -0.2) is 54.2 Å². The molecule has 5 nitrogen and oxygen atoms in total. The second kappa shape index (κ2) is 5.18. The molecular weight excluding hydrogens is 238 g/mol. The molecule has 1 aliphatic heterocycles. The van der Waals surface area contributed by atoms with Crippen LogP contribution in [0.2, 0.25) is 0 Å². The van der Waals surface area contributed by atoms with Crippen molar-refractivity contribution in [2.45, 2.75) is 25.4 Å². The molecule has 1 aliphatic rings. The first-order valence-corrected chi connectivity index (χ1v) is 8.00. The first-order valence-electron chi connectivity index (χ1n) is 5.94. The van der Waals surface area contributed by atoms with Crippen molar-refractivity contribution in [2.75, 3.05) is 25.1 Å². The van der Waals surface area contributed by atoms with E-state index in [9.17, 15) is 8.42 Å². The standard InChI is InChI=1S/C11H19N3O2S/c1-17(15,16)9-8-13-6-2-4-11(13)10-14-7-3-5-12-14/h3,5,7,11H,2,4,6,8-10H2,1H3/t11-/m1/s1. The first-order chi connectivity index (χ1) is 8.04. The van der Waals surface area contributed by atoms with Gasteiger partial charge in [-0.1, -0.05) is 0 Å². The highest BCUT2D eigenvalue weighted by atomic mass is 32.2. The minimum Gasteiger partial charge on any atom is -0.298 e. The van der Waals surface area contributed by atoms with Crippen LogP contribution in [0.1, 0.15) is 12.8 Å². The maximum Gasteiger partial charge on any atom is 0.148 e. The summed E-state index contributed by atoms with van der Waals surface area (Å²) in [6.07, 6.45) is 7.30. The van der Waals surface area contributed by atoms with E-state index in [1.54, 1.807) is 6.20 Å². The molecule has 1 saturated heterocycles. The molecule has 0 saturated carbocycles. The Bertz CT molecular complexity index is 441. The van der Waals surface area contributed by atoms with Gasteiger partial charge in [0.05, 0.1) is 12.3 Å². The quantitative estimate of drug-likeness (QED) is 0.766. The Balaban J connectivity index is 1.89. The lowest BCUT2D eigenvalue weighted by Gasteiger charge is -2.23. The molecule has 0 amide bonds. The Morgan fingerprint density at radius 1 is 1.47 bits per heavy atom. The van der Waals surface area contributed by atoms with Crippen molar-refractivity contribution in [3.8, 4) is 0 Å². The zero-order valence-corrected chi connectivity index (χ0v) is 10.9. The van der Waals surface area contributed by atoms with Gasteiger partial charge in [0.2, 0.25) is 0 Å². The summed E-state index contributed by atoms with van der Waals surface area (Å²) in [6.45, 7) is 2.50. The van der Waals surface area contributed by atoms with Gasteiger partial charge in [-0.15, -0.1) is 0 Å². The van der Waals surface area contributed by atoms with Crippen LogP contribution in [0.15, 0.2) is 18.5 Å². The highest BCUT2D eigenvalue weighted by Gasteiger charge is 2.25. The summed E-state index contributed by atoms with van der Waals surface area (Å²) in [5.41, 5.74) is 0. The van der Waals surface area contributed by atoms with Gasteiger partial charge in [0.25, 0.3) is 0 Å². The molecular formula is C11H19N3O2S. The summed E-state index contributed by atoms with van der Waals surface area (Å²) >= 11 is 0. The second-order valence-electron chi connectivity index (χ2n) is 4.69. The maximum atomic E-state index is 11.2. The number of nitrogens with zero attached hydrogens (tertiary/aromatic N) is 3. The molecule has 6 heteroatoms. The van der Waals surface area contributed by atoms with Crippen molar-refractivity contribution in [3.05, 3.63) is 18.5 Å². The third-order valence-electron chi connectivity index (χ3n) is 3.21. The van der Waals surface area contributed by atoms with E-state index in [4.69, 9.17) is 0 Å². The van der Waals surface area contributed by atoms with E-state index in [1.165, 1.54) is 6.26 Å². The summed E-state index contributed by atoms with van der Waals surface area (Å²) in [7, 11) is -2.86. The lowest BCUT2D eigenvalue weighted by Crippen LogP contribution is -2.36. The smallest absolute Gasteiger partial charge is 0.148 e. The van der Waals surface area contributed by atoms with Gasteiger partial charge in [-0.3, -0.25) is 9.58 Å². The van der Waals surface area contributed by atoms with Crippen molar-refractivity contribution in [1.82, 2.24) is 14.7 Å². The van der Waals surface area contributed by atoms with Crippen molar-refractivity contribution < 1.29 is 8.42 Å². The van der Waals surface area contributed by atoms with E-state index in [0.717, 1.165) is 25.9 Å². The molecule has 1 atom stereocenters. The number of hydrogen-bond acceptors (Lipinski definition) is 4. The Kier molecular flexibility index (Phi) is 3.83. The van der Waals surface area contributed by atoms with Gasteiger partial charge in [-0.05, 0) is 25.5 Å². The minimum atomic E-state index is -2.86. The lowest BCUT2D eigenvalue weighted by molar-refractivity contribution is 0.239. The van der Waals surface area contributed by atoms with E-state index in [2.05, 4.69) is 10.00 Å². The van der Waals surface area contributed by atoms with Crippen LogP contribution >= 0.6 is 0 Å². The molecule has 0 aliphatic carbocycles. The van der Waals surface area contributed by atoms with Crippen LogP contribution in [0, 0.1) is 0 Å². The monoisotopic (exact) mass is 257 g/mol. The number of rotatable bonds is 5. The summed E-state index contributed by atoms with van der Waals surface area (Å²) in [6, 6.07) is 2.34. The van der Waals surface area contributed by atoms with Crippen molar-refractivity contribution in [1.29, 1.82) is 0 Å². The van der Waals surface area contributed by atoms with E-state index in [0.29, 0.717) is 12.6 Å². The Morgan fingerprint density at radius 2 is 2.29 bits per heavy atom. The fraction of sp³-hybridized carbons (Fsp3) is 0.727.